The van der Waals surface area contributed by atoms with Crippen molar-refractivity contribution in [3.8, 4) is 0 Å². The van der Waals surface area contributed by atoms with E-state index in [9.17, 15) is 14.4 Å². The van der Waals surface area contributed by atoms with E-state index in [1.807, 2.05) is 30.3 Å². The van der Waals surface area contributed by atoms with E-state index < -0.39 is 23.6 Å². The van der Waals surface area contributed by atoms with Crippen LogP contribution in [0.15, 0.2) is 59.4 Å². The first-order chi connectivity index (χ1) is 14.2. The van der Waals surface area contributed by atoms with Crippen molar-refractivity contribution < 1.29 is 14.3 Å². The molecule has 0 unspecified atom stereocenters. The van der Waals surface area contributed by atoms with Gasteiger partial charge in [0.2, 0.25) is 0 Å². The predicted molar refractivity (Wildman–Crippen MR) is 112 cm³/mol. The Labute approximate surface area is 173 Å². The van der Waals surface area contributed by atoms with Gasteiger partial charge < -0.3 is 4.74 Å². The molecule has 0 radical (unpaired) electrons. The molecule has 0 bridgehead atoms. The van der Waals surface area contributed by atoms with Gasteiger partial charge in [0.05, 0.1) is 17.4 Å². The van der Waals surface area contributed by atoms with Crippen LogP contribution in [0.5, 0.6) is 0 Å². The number of carbonyl (C=O) groups excluding carboxylic acids is 2. The molecule has 0 spiro atoms. The van der Waals surface area contributed by atoms with E-state index in [0.29, 0.717) is 16.7 Å². The Morgan fingerprint density at radius 1 is 1.07 bits per heavy atom. The monoisotopic (exact) mass is 405 g/mol. The van der Waals surface area contributed by atoms with Crippen LogP contribution in [-0.2, 0) is 22.5 Å². The number of ether oxygens (including phenoxy) is 1. The summed E-state index contributed by atoms with van der Waals surface area (Å²) in [5.74, 6) is -0.107. The molecule has 2 amide bonds. The van der Waals surface area contributed by atoms with E-state index in [0.717, 1.165) is 10.5 Å². The number of carbonyl (C=O) groups is 2. The molecule has 0 fully saturated rings. The van der Waals surface area contributed by atoms with Crippen LogP contribution >= 0.6 is 0 Å². The molecule has 1 aliphatic heterocycles. The van der Waals surface area contributed by atoms with Crippen molar-refractivity contribution in [2.75, 3.05) is 0 Å². The number of aromatic nitrogens is 2. The molecule has 0 aliphatic carbocycles. The van der Waals surface area contributed by atoms with Crippen LogP contribution < -0.4 is 5.56 Å². The van der Waals surface area contributed by atoms with Gasteiger partial charge in [-0.15, -0.1) is 0 Å². The van der Waals surface area contributed by atoms with Gasteiger partial charge in [-0.05, 0) is 38.5 Å². The van der Waals surface area contributed by atoms with Crippen LogP contribution in [0.25, 0.3) is 10.9 Å². The number of para-hydroxylation sites is 1. The molecule has 2 aromatic carbocycles. The highest BCUT2D eigenvalue weighted by Crippen LogP contribution is 2.26. The molecule has 1 atom stereocenters. The molecule has 1 aliphatic rings. The van der Waals surface area contributed by atoms with Crippen LogP contribution in [0.1, 0.15) is 38.2 Å². The van der Waals surface area contributed by atoms with Gasteiger partial charge in [0.25, 0.3) is 11.5 Å². The number of amides is 2. The highest BCUT2D eigenvalue weighted by atomic mass is 16.6. The van der Waals surface area contributed by atoms with Crippen LogP contribution in [0.3, 0.4) is 0 Å². The Balaban J connectivity index is 1.84. The molecule has 7 heteroatoms. The number of imide groups is 1. The molecule has 4 rings (SSSR count). The summed E-state index contributed by atoms with van der Waals surface area (Å²) < 4.78 is 6.86. The van der Waals surface area contributed by atoms with Crippen LogP contribution in [-0.4, -0.2) is 32.1 Å². The first-order valence-electron chi connectivity index (χ1n) is 9.83. The fourth-order valence-electron chi connectivity index (χ4n) is 3.62. The van der Waals surface area contributed by atoms with Gasteiger partial charge in [0, 0.05) is 6.42 Å². The number of rotatable bonds is 2. The highest BCUT2D eigenvalue weighted by molar-refractivity contribution is 5.95. The second-order valence-electron chi connectivity index (χ2n) is 8.33. The van der Waals surface area contributed by atoms with Crippen LogP contribution in [0, 0.1) is 0 Å². The zero-order chi connectivity index (χ0) is 21.5. The van der Waals surface area contributed by atoms with Crippen molar-refractivity contribution in [3.63, 3.8) is 0 Å². The molecule has 0 saturated heterocycles. The maximum atomic E-state index is 13.3. The third kappa shape index (κ3) is 3.70. The number of nitrogens with zero attached hydrogens (tertiary/aromatic N) is 3. The van der Waals surface area contributed by atoms with Gasteiger partial charge in [-0.3, -0.25) is 14.2 Å². The quantitative estimate of drug-likeness (QED) is 0.652. The molecular formula is C23H23N3O4. The van der Waals surface area contributed by atoms with E-state index in [1.54, 1.807) is 45.0 Å². The lowest BCUT2D eigenvalue weighted by atomic mass is 10.0. The zero-order valence-corrected chi connectivity index (χ0v) is 17.2. The second kappa shape index (κ2) is 7.40. The Bertz CT molecular complexity index is 1180. The Hall–Kier alpha value is -3.48. The third-order valence-corrected chi connectivity index (χ3v) is 4.93. The minimum absolute atomic E-state index is 0.112. The van der Waals surface area contributed by atoms with Crippen molar-refractivity contribution in [2.24, 2.45) is 0 Å². The van der Waals surface area contributed by atoms with E-state index in [4.69, 9.17) is 4.74 Å². The average molecular weight is 405 g/mol. The van der Waals surface area contributed by atoms with E-state index in [-0.39, 0.29) is 18.5 Å². The smallest absolute Gasteiger partial charge is 0.417 e. The summed E-state index contributed by atoms with van der Waals surface area (Å²) in [7, 11) is 0. The highest BCUT2D eigenvalue weighted by Gasteiger charge is 2.40. The van der Waals surface area contributed by atoms with Gasteiger partial charge in [-0.2, -0.15) is 0 Å². The minimum Gasteiger partial charge on any atom is -0.443 e. The maximum absolute atomic E-state index is 13.3. The molecule has 30 heavy (non-hydrogen) atoms. The van der Waals surface area contributed by atoms with Crippen LogP contribution in [0.2, 0.25) is 0 Å². The standard InChI is InChI=1S/C23H23N3O4/c1-23(2,3)30-22(29)25-14-19-24-17-12-8-7-11-16(17)20(27)26(19)18(21(25)28)13-15-9-5-4-6-10-15/h4-12,18H,13-14H2,1-3H3/t18-/m0/s1. The Morgan fingerprint density at radius 2 is 1.73 bits per heavy atom. The summed E-state index contributed by atoms with van der Waals surface area (Å²) in [6, 6.07) is 15.5. The molecule has 0 saturated carbocycles. The second-order valence-corrected chi connectivity index (χ2v) is 8.33. The van der Waals surface area contributed by atoms with Crippen LogP contribution in [0.4, 0.5) is 4.79 Å². The Kier molecular flexibility index (Phi) is 4.89. The molecule has 2 heterocycles. The fraction of sp³-hybridized carbons (Fsp3) is 0.304. The lowest BCUT2D eigenvalue weighted by molar-refractivity contribution is -0.136. The maximum Gasteiger partial charge on any atom is 0.417 e. The van der Waals surface area contributed by atoms with Crippen molar-refractivity contribution in [2.45, 2.75) is 45.4 Å². The van der Waals surface area contributed by atoms with Crippen molar-refractivity contribution >= 4 is 22.9 Å². The first kappa shape index (κ1) is 19.8. The van der Waals surface area contributed by atoms with Gasteiger partial charge in [0.1, 0.15) is 17.5 Å². The molecule has 154 valence electrons. The van der Waals surface area contributed by atoms with Crippen molar-refractivity contribution in [3.05, 3.63) is 76.3 Å². The zero-order valence-electron chi connectivity index (χ0n) is 17.2. The molecule has 7 nitrogen and oxygen atoms in total. The van der Waals surface area contributed by atoms with Crippen molar-refractivity contribution in [1.82, 2.24) is 14.5 Å². The number of benzene rings is 2. The topological polar surface area (TPSA) is 81.5 Å². The molecule has 3 aromatic rings. The number of fused-ring (bicyclic) bond motifs is 2. The van der Waals surface area contributed by atoms with E-state index >= 15 is 0 Å². The fourth-order valence-corrected chi connectivity index (χ4v) is 3.62. The lowest BCUT2D eigenvalue weighted by Crippen LogP contribution is -2.51. The summed E-state index contributed by atoms with van der Waals surface area (Å²) in [6.45, 7) is 5.11. The van der Waals surface area contributed by atoms with Gasteiger partial charge in [-0.25, -0.2) is 14.7 Å². The summed E-state index contributed by atoms with van der Waals surface area (Å²) in [6.07, 6.45) is -0.467. The van der Waals surface area contributed by atoms with Crippen molar-refractivity contribution in [1.29, 1.82) is 0 Å². The predicted octanol–water partition coefficient (Wildman–Crippen LogP) is 3.46. The Morgan fingerprint density at radius 3 is 2.43 bits per heavy atom. The SMILES string of the molecule is CC(C)(C)OC(=O)N1Cc2nc3ccccc3c(=O)n2[C@@H](Cc2ccccc2)C1=O. The van der Waals surface area contributed by atoms with Gasteiger partial charge >= 0.3 is 6.09 Å². The molecule has 1 aromatic heterocycles. The summed E-state index contributed by atoms with van der Waals surface area (Å²) in [4.78, 5) is 45.0. The summed E-state index contributed by atoms with van der Waals surface area (Å²) in [5.41, 5.74) is 0.382. The average Bonchev–Trinajstić information content (AvgIpc) is 2.69. The molecule has 0 N–H and O–H groups in total. The van der Waals surface area contributed by atoms with Gasteiger partial charge in [0.15, 0.2) is 0 Å². The lowest BCUT2D eigenvalue weighted by Gasteiger charge is -2.34. The summed E-state index contributed by atoms with van der Waals surface area (Å²) in [5, 5.41) is 0.442. The third-order valence-electron chi connectivity index (χ3n) is 4.93. The minimum atomic E-state index is -0.881. The van der Waals surface area contributed by atoms with E-state index in [2.05, 4.69) is 4.98 Å². The largest absolute Gasteiger partial charge is 0.443 e. The first-order valence-corrected chi connectivity index (χ1v) is 9.83. The number of hydrogen-bond donors (Lipinski definition) is 0. The number of hydrogen-bond acceptors (Lipinski definition) is 5. The summed E-state index contributed by atoms with van der Waals surface area (Å²) >= 11 is 0. The molecular weight excluding hydrogens is 382 g/mol. The van der Waals surface area contributed by atoms with E-state index in [1.165, 1.54) is 4.57 Å². The normalized spacial score (nSPS) is 16.4. The van der Waals surface area contributed by atoms with Gasteiger partial charge in [-0.1, -0.05) is 42.5 Å².